The Hall–Kier alpha value is -1.55. The van der Waals surface area contributed by atoms with E-state index in [2.05, 4.69) is 55.8 Å². The predicted molar refractivity (Wildman–Crippen MR) is 81.7 cm³/mol. The molecule has 0 aromatic carbocycles. The molecule has 3 nitrogen and oxygen atoms in total. The molecule has 2 aliphatic heterocycles. The second-order valence-corrected chi connectivity index (χ2v) is 6.29. The summed E-state index contributed by atoms with van der Waals surface area (Å²) in [7, 11) is 0. The van der Waals surface area contributed by atoms with Gasteiger partial charge in [-0.3, -0.25) is 4.79 Å². The van der Waals surface area contributed by atoms with E-state index in [1.807, 2.05) is 18.4 Å². The Morgan fingerprint density at radius 2 is 2.25 bits per heavy atom. The number of nitrogens with zero attached hydrogens (tertiary/aromatic N) is 1. The summed E-state index contributed by atoms with van der Waals surface area (Å²) in [5.74, 6) is 0.252. The summed E-state index contributed by atoms with van der Waals surface area (Å²) in [5, 5.41) is 3.30. The van der Waals surface area contributed by atoms with Gasteiger partial charge in [0.25, 0.3) is 0 Å². The zero-order valence-corrected chi connectivity index (χ0v) is 12.5. The van der Waals surface area contributed by atoms with Crippen LogP contribution in [0.5, 0.6) is 0 Å². The Morgan fingerprint density at radius 3 is 3.15 bits per heavy atom. The highest BCUT2D eigenvalue weighted by atomic mass is 79.9. The van der Waals surface area contributed by atoms with Crippen LogP contribution >= 0.6 is 16.1 Å². The van der Waals surface area contributed by atoms with Gasteiger partial charge < -0.3 is 9.24 Å². The molecule has 1 spiro atoms. The van der Waals surface area contributed by atoms with Crippen LogP contribution in [0.1, 0.15) is 12.8 Å². The monoisotopic (exact) mass is 330 g/mol. The van der Waals surface area contributed by atoms with Gasteiger partial charge in [-0.25, -0.2) is 0 Å². The van der Waals surface area contributed by atoms with Crippen molar-refractivity contribution in [3.05, 3.63) is 60.0 Å². The number of fused-ring (bicyclic) bond motifs is 1. The number of hydrogen-bond donors (Lipinski definition) is 1. The molecule has 4 aliphatic rings. The van der Waals surface area contributed by atoms with Crippen molar-refractivity contribution < 1.29 is 4.79 Å². The first-order chi connectivity index (χ1) is 9.75. The number of rotatable bonds is 0. The van der Waals surface area contributed by atoms with E-state index in [1.54, 1.807) is 0 Å². The lowest BCUT2D eigenvalue weighted by atomic mass is 9.67. The quantitative estimate of drug-likeness (QED) is 0.547. The molecule has 0 bridgehead atoms. The highest BCUT2D eigenvalue weighted by Gasteiger charge is 2.57. The molecule has 1 fully saturated rings. The molecule has 0 amide bonds. The van der Waals surface area contributed by atoms with E-state index >= 15 is 0 Å². The maximum absolute atomic E-state index is 12.4. The van der Waals surface area contributed by atoms with E-state index in [9.17, 15) is 4.79 Å². The summed E-state index contributed by atoms with van der Waals surface area (Å²) in [6, 6.07) is -0.00625. The van der Waals surface area contributed by atoms with Crippen LogP contribution in [-0.4, -0.2) is 21.8 Å². The van der Waals surface area contributed by atoms with Crippen LogP contribution in [0, 0.1) is 5.41 Å². The summed E-state index contributed by atoms with van der Waals surface area (Å²) >= 11 is 3.70. The number of ketones is 1. The van der Waals surface area contributed by atoms with Gasteiger partial charge in [0, 0.05) is 12.1 Å². The maximum atomic E-state index is 12.4. The van der Waals surface area contributed by atoms with Crippen molar-refractivity contribution in [1.29, 1.82) is 0 Å². The maximum Gasteiger partial charge on any atom is 0.160 e. The summed E-state index contributed by atoms with van der Waals surface area (Å²) in [6.07, 6.45) is 18.2. The van der Waals surface area contributed by atoms with Crippen LogP contribution in [0.3, 0.4) is 0 Å². The third kappa shape index (κ3) is 1.37. The van der Waals surface area contributed by atoms with Gasteiger partial charge >= 0.3 is 0 Å². The summed E-state index contributed by atoms with van der Waals surface area (Å²) in [5.41, 5.74) is 2.13. The average molecular weight is 331 g/mol. The first kappa shape index (κ1) is 12.2. The van der Waals surface area contributed by atoms with Crippen molar-refractivity contribution in [2.45, 2.75) is 24.9 Å². The zero-order chi connectivity index (χ0) is 13.7. The Morgan fingerprint density at radius 1 is 1.35 bits per heavy atom. The van der Waals surface area contributed by atoms with E-state index in [0.29, 0.717) is 6.42 Å². The molecular formula is C16H15BrN2O. The van der Waals surface area contributed by atoms with Crippen molar-refractivity contribution in [1.82, 2.24) is 9.24 Å². The molecule has 102 valence electrons. The van der Waals surface area contributed by atoms with E-state index < -0.39 is 0 Å². The van der Waals surface area contributed by atoms with Gasteiger partial charge in [-0.05, 0) is 24.3 Å². The second kappa shape index (κ2) is 4.22. The summed E-state index contributed by atoms with van der Waals surface area (Å²) < 4.78 is 2.13. The number of carbonyl (C=O) groups excluding carboxylic acids is 1. The molecule has 0 aromatic rings. The van der Waals surface area contributed by atoms with Crippen molar-refractivity contribution >= 4 is 21.9 Å². The number of allylic oxidation sites excluding steroid dienone is 5. The molecule has 0 radical (unpaired) electrons. The average Bonchev–Trinajstić information content (AvgIpc) is 2.63. The highest BCUT2D eigenvalue weighted by molar-refractivity contribution is 9.07. The Labute approximate surface area is 126 Å². The van der Waals surface area contributed by atoms with E-state index in [-0.39, 0.29) is 23.3 Å². The molecule has 1 N–H and O–H groups in total. The molecule has 0 saturated carbocycles. The largest absolute Gasteiger partial charge is 0.380 e. The van der Waals surface area contributed by atoms with Crippen LogP contribution in [-0.2, 0) is 4.79 Å². The number of Topliss-reactive ketones (excluding diaryl/α,β-unsaturated/α-hetero) is 1. The van der Waals surface area contributed by atoms with Crippen molar-refractivity contribution in [3.8, 4) is 0 Å². The third-order valence-electron chi connectivity index (χ3n) is 4.59. The normalized spacial score (nSPS) is 37.5. The lowest BCUT2D eigenvalue weighted by molar-refractivity contribution is -0.121. The first-order valence-corrected chi connectivity index (χ1v) is 7.62. The van der Waals surface area contributed by atoms with Gasteiger partial charge in [-0.2, -0.15) is 0 Å². The van der Waals surface area contributed by atoms with E-state index in [1.165, 1.54) is 11.3 Å². The van der Waals surface area contributed by atoms with Gasteiger partial charge in [-0.1, -0.05) is 36.5 Å². The SMILES string of the molecule is O=C1CC=C2N(Br)C3C=CCC=C3C23C=CC=CNC13. The fraction of sp³-hybridized carbons (Fsp3) is 0.312. The molecule has 20 heavy (non-hydrogen) atoms. The smallest absolute Gasteiger partial charge is 0.160 e. The molecule has 2 aliphatic carbocycles. The third-order valence-corrected chi connectivity index (χ3v) is 5.41. The molecule has 3 atom stereocenters. The fourth-order valence-corrected chi connectivity index (χ4v) is 4.56. The number of halogens is 1. The van der Waals surface area contributed by atoms with Crippen LogP contribution < -0.4 is 5.32 Å². The first-order valence-electron chi connectivity index (χ1n) is 6.91. The van der Waals surface area contributed by atoms with Gasteiger partial charge in [0.1, 0.15) is 6.04 Å². The molecular weight excluding hydrogens is 316 g/mol. The number of hydrogen-bond acceptors (Lipinski definition) is 3. The highest BCUT2D eigenvalue weighted by Crippen LogP contribution is 2.56. The lowest BCUT2D eigenvalue weighted by Gasteiger charge is -2.39. The number of nitrogens with one attached hydrogen (secondary N) is 1. The minimum Gasteiger partial charge on any atom is -0.380 e. The molecule has 0 aromatic heterocycles. The zero-order valence-electron chi connectivity index (χ0n) is 10.9. The second-order valence-electron chi connectivity index (χ2n) is 5.53. The van der Waals surface area contributed by atoms with Crippen molar-refractivity contribution in [2.75, 3.05) is 0 Å². The molecule has 4 heteroatoms. The van der Waals surface area contributed by atoms with Crippen molar-refractivity contribution in [3.63, 3.8) is 0 Å². The fourth-order valence-electron chi connectivity index (χ4n) is 3.77. The Balaban J connectivity index is 1.97. The van der Waals surface area contributed by atoms with Crippen LogP contribution in [0.15, 0.2) is 60.0 Å². The Kier molecular flexibility index (Phi) is 2.58. The minimum absolute atomic E-state index is 0.202. The standard InChI is InChI=1S/C16H15BrN2O/c17-19-12-6-2-1-5-11(12)16-9-3-4-10-18-15(16)13(20)7-8-14(16)19/h2-6,8-10,12,15,18H,1,7H2. The van der Waals surface area contributed by atoms with E-state index in [4.69, 9.17) is 0 Å². The molecule has 4 rings (SSSR count). The predicted octanol–water partition coefficient (Wildman–Crippen LogP) is 2.75. The summed E-state index contributed by atoms with van der Waals surface area (Å²) in [6.45, 7) is 0. The van der Waals surface area contributed by atoms with Gasteiger partial charge in [0.15, 0.2) is 5.78 Å². The summed E-state index contributed by atoms with van der Waals surface area (Å²) in [4.78, 5) is 12.4. The topological polar surface area (TPSA) is 32.3 Å². The van der Waals surface area contributed by atoms with Gasteiger partial charge in [0.2, 0.25) is 0 Å². The van der Waals surface area contributed by atoms with Gasteiger partial charge in [0.05, 0.1) is 27.6 Å². The molecule has 1 saturated heterocycles. The van der Waals surface area contributed by atoms with Crippen LogP contribution in [0.2, 0.25) is 0 Å². The van der Waals surface area contributed by atoms with Crippen LogP contribution in [0.25, 0.3) is 0 Å². The minimum atomic E-state index is -0.349. The van der Waals surface area contributed by atoms with Crippen molar-refractivity contribution in [2.24, 2.45) is 5.41 Å². The molecule has 2 heterocycles. The Bertz CT molecular complexity index is 624. The van der Waals surface area contributed by atoms with E-state index in [0.717, 1.165) is 6.42 Å². The van der Waals surface area contributed by atoms with Gasteiger partial charge in [-0.15, -0.1) is 0 Å². The van der Waals surface area contributed by atoms with Crippen LogP contribution in [0.4, 0.5) is 0 Å². The molecule has 3 unspecified atom stereocenters. The number of carbonyl (C=O) groups is 1. The lowest BCUT2D eigenvalue weighted by Crippen LogP contribution is -2.50.